The molecular formula is C47H30N4S. The zero-order chi connectivity index (χ0) is 34.4. The van der Waals surface area contributed by atoms with Crippen LogP contribution in [0.25, 0.3) is 93.3 Å². The van der Waals surface area contributed by atoms with E-state index in [1.807, 2.05) is 17.4 Å². The van der Waals surface area contributed by atoms with Gasteiger partial charge in [0, 0.05) is 42.7 Å². The summed E-state index contributed by atoms with van der Waals surface area (Å²) in [5, 5.41) is 3.60. The van der Waals surface area contributed by atoms with E-state index < -0.39 is 0 Å². The summed E-state index contributed by atoms with van der Waals surface area (Å²) in [6.45, 7) is 0. The Morgan fingerprint density at radius 1 is 0.365 bits per heavy atom. The van der Waals surface area contributed by atoms with E-state index in [0.29, 0.717) is 17.5 Å². The second-order valence-electron chi connectivity index (χ2n) is 12.9. The fourth-order valence-electron chi connectivity index (χ4n) is 7.08. The zero-order valence-electron chi connectivity index (χ0n) is 28.0. The van der Waals surface area contributed by atoms with Crippen molar-refractivity contribution in [1.82, 2.24) is 19.5 Å². The summed E-state index contributed by atoms with van der Waals surface area (Å²) in [6.07, 6.45) is 0. The fraction of sp³-hybridized carbons (Fsp3) is 0. The minimum atomic E-state index is 0.638. The molecule has 0 unspecified atom stereocenters. The molecule has 0 aliphatic heterocycles. The number of benzene rings is 7. The molecule has 0 saturated carbocycles. The summed E-state index contributed by atoms with van der Waals surface area (Å²) in [5.74, 6) is 1.92. The molecule has 0 N–H and O–H groups in total. The molecule has 0 aliphatic rings. The van der Waals surface area contributed by atoms with Gasteiger partial charge in [0.2, 0.25) is 0 Å². The lowest BCUT2D eigenvalue weighted by molar-refractivity contribution is 1.07. The normalized spacial score (nSPS) is 11.5. The van der Waals surface area contributed by atoms with Gasteiger partial charge in [-0.05, 0) is 70.6 Å². The van der Waals surface area contributed by atoms with Crippen LogP contribution in [-0.4, -0.2) is 19.5 Å². The minimum absolute atomic E-state index is 0.638. The molecule has 7 aromatic carbocycles. The van der Waals surface area contributed by atoms with Gasteiger partial charge in [0.25, 0.3) is 0 Å². The standard InChI is InChI=1S/C47H30N4S/c1-3-11-31(12-4-1)32-19-23-34(24-20-32)45-48-46(35-25-21-33(22-26-35)44-30-36-13-7-10-18-43(36)52-44)50-47(49-45)37-27-28-42-40(29-37)39-16-8-9-17-41(39)51(42)38-14-5-2-6-15-38/h1-30H. The van der Waals surface area contributed by atoms with Crippen molar-refractivity contribution in [2.45, 2.75) is 0 Å². The van der Waals surface area contributed by atoms with Crippen LogP contribution in [0, 0.1) is 0 Å². The zero-order valence-corrected chi connectivity index (χ0v) is 28.8. The van der Waals surface area contributed by atoms with Crippen molar-refractivity contribution in [3.8, 4) is 61.4 Å². The lowest BCUT2D eigenvalue weighted by atomic mass is 10.0. The van der Waals surface area contributed by atoms with Gasteiger partial charge in [0.1, 0.15) is 0 Å². The van der Waals surface area contributed by atoms with E-state index in [1.165, 1.54) is 31.5 Å². The van der Waals surface area contributed by atoms with Gasteiger partial charge in [-0.15, -0.1) is 11.3 Å². The Morgan fingerprint density at radius 2 is 0.885 bits per heavy atom. The number of rotatable bonds is 6. The first-order chi connectivity index (χ1) is 25.7. The molecule has 244 valence electrons. The third kappa shape index (κ3) is 5.36. The van der Waals surface area contributed by atoms with Gasteiger partial charge in [-0.25, -0.2) is 15.0 Å². The highest BCUT2D eigenvalue weighted by Crippen LogP contribution is 2.37. The molecule has 0 spiro atoms. The summed E-state index contributed by atoms with van der Waals surface area (Å²) in [7, 11) is 0. The van der Waals surface area contributed by atoms with Gasteiger partial charge < -0.3 is 4.57 Å². The lowest BCUT2D eigenvalue weighted by Crippen LogP contribution is -2.00. The SMILES string of the molecule is c1ccc(-c2ccc(-c3nc(-c4ccc(-c5cc6ccccc6s5)cc4)nc(-c4ccc5c(c4)c4ccccc4n5-c4ccccc4)n3)cc2)cc1. The van der Waals surface area contributed by atoms with Crippen LogP contribution in [0.15, 0.2) is 182 Å². The van der Waals surface area contributed by atoms with Crippen LogP contribution in [0.5, 0.6) is 0 Å². The maximum Gasteiger partial charge on any atom is 0.164 e. The van der Waals surface area contributed by atoms with E-state index in [1.54, 1.807) is 0 Å². The van der Waals surface area contributed by atoms with E-state index >= 15 is 0 Å². The predicted octanol–water partition coefficient (Wildman–Crippen LogP) is 12.5. The molecule has 5 heteroatoms. The molecule has 3 aromatic heterocycles. The van der Waals surface area contributed by atoms with Gasteiger partial charge in [-0.3, -0.25) is 0 Å². The van der Waals surface area contributed by atoms with Crippen LogP contribution in [-0.2, 0) is 0 Å². The van der Waals surface area contributed by atoms with E-state index in [2.05, 4.69) is 180 Å². The molecule has 52 heavy (non-hydrogen) atoms. The molecule has 0 fully saturated rings. The number of para-hydroxylation sites is 2. The van der Waals surface area contributed by atoms with Crippen LogP contribution >= 0.6 is 11.3 Å². The molecule has 0 radical (unpaired) electrons. The lowest BCUT2D eigenvalue weighted by Gasteiger charge is -2.10. The fourth-order valence-corrected chi connectivity index (χ4v) is 8.15. The average molecular weight is 683 g/mol. The first-order valence-electron chi connectivity index (χ1n) is 17.4. The Balaban J connectivity index is 1.11. The first kappa shape index (κ1) is 30.2. The molecule has 0 bridgehead atoms. The van der Waals surface area contributed by atoms with Crippen molar-refractivity contribution in [2.24, 2.45) is 0 Å². The van der Waals surface area contributed by atoms with Crippen molar-refractivity contribution in [1.29, 1.82) is 0 Å². The first-order valence-corrected chi connectivity index (χ1v) is 18.2. The number of hydrogen-bond donors (Lipinski definition) is 0. The van der Waals surface area contributed by atoms with Gasteiger partial charge in [-0.1, -0.05) is 133 Å². The van der Waals surface area contributed by atoms with Crippen molar-refractivity contribution in [2.75, 3.05) is 0 Å². The monoisotopic (exact) mass is 682 g/mol. The maximum atomic E-state index is 5.13. The van der Waals surface area contributed by atoms with Crippen LogP contribution < -0.4 is 0 Å². The number of hydrogen-bond acceptors (Lipinski definition) is 4. The summed E-state index contributed by atoms with van der Waals surface area (Å²) >= 11 is 1.81. The van der Waals surface area contributed by atoms with Crippen molar-refractivity contribution >= 4 is 43.2 Å². The van der Waals surface area contributed by atoms with Crippen LogP contribution in [0.2, 0.25) is 0 Å². The van der Waals surface area contributed by atoms with Gasteiger partial charge in [-0.2, -0.15) is 0 Å². The Kier molecular flexibility index (Phi) is 7.29. The second-order valence-corrected chi connectivity index (χ2v) is 14.0. The van der Waals surface area contributed by atoms with E-state index in [4.69, 9.17) is 15.0 Å². The molecule has 0 atom stereocenters. The number of fused-ring (bicyclic) bond motifs is 4. The summed E-state index contributed by atoms with van der Waals surface area (Å²) in [6, 6.07) is 63.9. The quantitative estimate of drug-likeness (QED) is 0.175. The number of aromatic nitrogens is 4. The Hall–Kier alpha value is -6.69. The third-order valence-corrected chi connectivity index (χ3v) is 10.8. The summed E-state index contributed by atoms with van der Waals surface area (Å²) < 4.78 is 3.61. The van der Waals surface area contributed by atoms with Gasteiger partial charge in [0.05, 0.1) is 11.0 Å². The minimum Gasteiger partial charge on any atom is -0.309 e. The number of thiophene rings is 1. The van der Waals surface area contributed by atoms with E-state index in [0.717, 1.165) is 44.4 Å². The smallest absolute Gasteiger partial charge is 0.164 e. The Bertz CT molecular complexity index is 2840. The number of nitrogens with zero attached hydrogens (tertiary/aromatic N) is 4. The predicted molar refractivity (Wildman–Crippen MR) is 217 cm³/mol. The third-order valence-electron chi connectivity index (χ3n) is 9.68. The van der Waals surface area contributed by atoms with Crippen molar-refractivity contribution < 1.29 is 0 Å². The van der Waals surface area contributed by atoms with Crippen LogP contribution in [0.4, 0.5) is 0 Å². The van der Waals surface area contributed by atoms with E-state index in [9.17, 15) is 0 Å². The molecule has 4 nitrogen and oxygen atoms in total. The molecule has 0 amide bonds. The molecule has 0 saturated heterocycles. The molecule has 0 aliphatic carbocycles. The van der Waals surface area contributed by atoms with E-state index in [-0.39, 0.29) is 0 Å². The maximum absolute atomic E-state index is 5.13. The Morgan fingerprint density at radius 3 is 1.60 bits per heavy atom. The second kappa shape index (κ2) is 12.6. The van der Waals surface area contributed by atoms with Gasteiger partial charge >= 0.3 is 0 Å². The Labute approximate surface area is 305 Å². The van der Waals surface area contributed by atoms with Gasteiger partial charge in [0.15, 0.2) is 17.5 Å². The molecule has 10 aromatic rings. The van der Waals surface area contributed by atoms with Crippen LogP contribution in [0.3, 0.4) is 0 Å². The summed E-state index contributed by atoms with van der Waals surface area (Å²) in [4.78, 5) is 16.6. The molecular weight excluding hydrogens is 653 g/mol. The largest absolute Gasteiger partial charge is 0.309 e. The topological polar surface area (TPSA) is 43.6 Å². The highest BCUT2D eigenvalue weighted by atomic mass is 32.1. The van der Waals surface area contributed by atoms with Crippen molar-refractivity contribution in [3.63, 3.8) is 0 Å². The molecule has 10 rings (SSSR count). The highest BCUT2D eigenvalue weighted by Gasteiger charge is 2.17. The molecule has 3 heterocycles. The summed E-state index contributed by atoms with van der Waals surface area (Å²) in [5.41, 5.74) is 9.75. The van der Waals surface area contributed by atoms with Crippen LogP contribution in [0.1, 0.15) is 0 Å². The average Bonchev–Trinajstić information content (AvgIpc) is 3.81. The highest BCUT2D eigenvalue weighted by molar-refractivity contribution is 7.22. The van der Waals surface area contributed by atoms with Crippen molar-refractivity contribution in [3.05, 3.63) is 182 Å².